The normalized spacial score (nSPS) is 29.7. The minimum absolute atomic E-state index is 0. The summed E-state index contributed by atoms with van der Waals surface area (Å²) in [4.78, 5) is 4.66. The number of aliphatic hydroxyl groups is 1. The fourth-order valence-corrected chi connectivity index (χ4v) is 5.27. The van der Waals surface area contributed by atoms with Gasteiger partial charge in [-0.05, 0) is 26.2 Å². The van der Waals surface area contributed by atoms with Crippen molar-refractivity contribution >= 4 is 29.9 Å². The molecule has 0 amide bonds. The summed E-state index contributed by atoms with van der Waals surface area (Å²) in [5.41, 5.74) is 1.09. The lowest BCUT2D eigenvalue weighted by Crippen LogP contribution is -2.69. The van der Waals surface area contributed by atoms with E-state index in [1.54, 1.807) is 10.9 Å². The third-order valence-electron chi connectivity index (χ3n) is 6.45. The van der Waals surface area contributed by atoms with E-state index in [0.29, 0.717) is 30.0 Å². The summed E-state index contributed by atoms with van der Waals surface area (Å²) in [5.74, 6) is 1.40. The van der Waals surface area contributed by atoms with Crippen LogP contribution in [0.5, 0.6) is 0 Å². The van der Waals surface area contributed by atoms with Gasteiger partial charge in [0.15, 0.2) is 5.96 Å². The molecular formula is C19H32IN5O2. The van der Waals surface area contributed by atoms with Gasteiger partial charge >= 0.3 is 0 Å². The molecule has 2 saturated carbocycles. The smallest absolute Gasteiger partial charge is 0.191 e. The fraction of sp³-hybridized carbons (Fsp3) is 0.789. The van der Waals surface area contributed by atoms with E-state index in [1.807, 2.05) is 13.2 Å². The molecule has 1 aliphatic heterocycles. The van der Waals surface area contributed by atoms with Crippen LogP contribution in [0.4, 0.5) is 0 Å². The van der Waals surface area contributed by atoms with E-state index >= 15 is 0 Å². The first-order chi connectivity index (χ1) is 12.6. The van der Waals surface area contributed by atoms with Crippen molar-refractivity contribution in [3.63, 3.8) is 0 Å². The van der Waals surface area contributed by atoms with Gasteiger partial charge in [-0.15, -0.1) is 24.0 Å². The third kappa shape index (κ3) is 3.85. The molecule has 1 saturated heterocycles. The van der Waals surface area contributed by atoms with Crippen molar-refractivity contribution in [2.45, 2.75) is 57.3 Å². The van der Waals surface area contributed by atoms with E-state index in [1.165, 1.54) is 25.7 Å². The molecule has 1 aromatic heterocycles. The monoisotopic (exact) mass is 489 g/mol. The minimum Gasteiger partial charge on any atom is -0.386 e. The van der Waals surface area contributed by atoms with E-state index in [9.17, 15) is 5.11 Å². The van der Waals surface area contributed by atoms with E-state index in [-0.39, 0.29) is 24.0 Å². The van der Waals surface area contributed by atoms with E-state index in [4.69, 9.17) is 4.74 Å². The molecule has 4 rings (SSSR count). The number of ether oxygens (including phenoxy) is 1. The third-order valence-corrected chi connectivity index (χ3v) is 6.45. The molecular weight excluding hydrogens is 457 g/mol. The number of aromatic nitrogens is 2. The van der Waals surface area contributed by atoms with Crippen molar-refractivity contribution in [2.75, 3.05) is 19.7 Å². The molecule has 2 aliphatic carbocycles. The number of aliphatic imine (C=N–C) groups is 1. The zero-order valence-electron chi connectivity index (χ0n) is 16.2. The second-order valence-corrected chi connectivity index (χ2v) is 7.99. The van der Waals surface area contributed by atoms with Crippen LogP contribution in [0.25, 0.3) is 0 Å². The molecule has 8 heteroatoms. The summed E-state index contributed by atoms with van der Waals surface area (Å²) >= 11 is 0. The van der Waals surface area contributed by atoms with Crippen molar-refractivity contribution in [2.24, 2.45) is 23.4 Å². The van der Waals surface area contributed by atoms with Gasteiger partial charge in [0.05, 0.1) is 18.8 Å². The molecule has 0 radical (unpaired) electrons. The first-order valence-electron chi connectivity index (χ1n) is 9.97. The Kier molecular flexibility index (Phi) is 6.68. The average Bonchev–Trinajstić information content (AvgIpc) is 3.36. The van der Waals surface area contributed by atoms with E-state index in [0.717, 1.165) is 31.1 Å². The summed E-state index contributed by atoms with van der Waals surface area (Å²) in [7, 11) is 1.85. The van der Waals surface area contributed by atoms with Crippen molar-refractivity contribution in [3.8, 4) is 0 Å². The number of rotatable bonds is 5. The average molecular weight is 489 g/mol. The number of halogens is 1. The summed E-state index contributed by atoms with van der Waals surface area (Å²) < 4.78 is 7.77. The topological polar surface area (TPSA) is 83.7 Å². The Hall–Kier alpha value is -0.870. The fourth-order valence-electron chi connectivity index (χ4n) is 5.27. The Labute approximate surface area is 178 Å². The van der Waals surface area contributed by atoms with Gasteiger partial charge in [0.1, 0.15) is 6.10 Å². The van der Waals surface area contributed by atoms with Gasteiger partial charge in [0, 0.05) is 49.3 Å². The zero-order chi connectivity index (χ0) is 18.1. The lowest BCUT2D eigenvalue weighted by Gasteiger charge is -2.57. The number of nitrogens with one attached hydrogen (secondary N) is 2. The number of guanidine groups is 1. The molecule has 2 heterocycles. The molecule has 3 aliphatic rings. The van der Waals surface area contributed by atoms with Gasteiger partial charge in [0.25, 0.3) is 0 Å². The van der Waals surface area contributed by atoms with E-state index < -0.39 is 6.10 Å². The highest BCUT2D eigenvalue weighted by Gasteiger charge is 2.65. The summed E-state index contributed by atoms with van der Waals surface area (Å²) in [6.45, 7) is 4.09. The molecule has 0 bridgehead atoms. The Morgan fingerprint density at radius 3 is 2.93 bits per heavy atom. The number of aryl methyl sites for hydroxylation is 1. The van der Waals surface area contributed by atoms with Gasteiger partial charge in [-0.25, -0.2) is 0 Å². The predicted octanol–water partition coefficient (Wildman–Crippen LogP) is 1.97. The lowest BCUT2D eigenvalue weighted by atomic mass is 9.54. The largest absolute Gasteiger partial charge is 0.386 e. The van der Waals surface area contributed by atoms with Crippen LogP contribution in [0.1, 0.15) is 50.7 Å². The molecule has 27 heavy (non-hydrogen) atoms. The number of aliphatic hydroxyl groups excluding tert-OH is 1. The molecule has 1 spiro atoms. The van der Waals surface area contributed by atoms with Crippen LogP contribution in [-0.2, 0) is 11.8 Å². The second kappa shape index (κ2) is 8.65. The molecule has 152 valence electrons. The minimum atomic E-state index is -0.636. The first kappa shape index (κ1) is 20.9. The molecule has 3 N–H and O–H groups in total. The Balaban J connectivity index is 0.00000210. The Morgan fingerprint density at radius 2 is 2.26 bits per heavy atom. The maximum atomic E-state index is 10.4. The number of fused-ring (bicyclic) bond motifs is 2. The van der Waals surface area contributed by atoms with Gasteiger partial charge in [0.2, 0.25) is 0 Å². The van der Waals surface area contributed by atoms with E-state index in [2.05, 4.69) is 27.6 Å². The van der Waals surface area contributed by atoms with Crippen LogP contribution in [0.15, 0.2) is 17.4 Å². The molecule has 7 nitrogen and oxygen atoms in total. The van der Waals surface area contributed by atoms with Crippen LogP contribution in [-0.4, -0.2) is 52.7 Å². The summed E-state index contributed by atoms with van der Waals surface area (Å²) in [5, 5.41) is 21.5. The van der Waals surface area contributed by atoms with Crippen molar-refractivity contribution in [1.29, 1.82) is 0 Å². The van der Waals surface area contributed by atoms with Crippen molar-refractivity contribution in [3.05, 3.63) is 18.0 Å². The maximum Gasteiger partial charge on any atom is 0.191 e. The lowest BCUT2D eigenvalue weighted by molar-refractivity contribution is -0.125. The first-order valence-corrected chi connectivity index (χ1v) is 9.97. The SMILES string of the molecule is CCNC(=NCC(O)c1cnn(C)c1)NC1C2CCOC2C12CCCC2.I. The van der Waals surface area contributed by atoms with Crippen molar-refractivity contribution in [1.82, 2.24) is 20.4 Å². The van der Waals surface area contributed by atoms with Crippen LogP contribution >= 0.6 is 24.0 Å². The van der Waals surface area contributed by atoms with Crippen LogP contribution in [0.3, 0.4) is 0 Å². The second-order valence-electron chi connectivity index (χ2n) is 7.99. The van der Waals surface area contributed by atoms with Gasteiger partial charge in [-0.2, -0.15) is 5.10 Å². The molecule has 4 unspecified atom stereocenters. The van der Waals surface area contributed by atoms with Gasteiger partial charge < -0.3 is 20.5 Å². The quantitative estimate of drug-likeness (QED) is 0.335. The molecule has 4 atom stereocenters. The number of hydrogen-bond acceptors (Lipinski definition) is 4. The highest BCUT2D eigenvalue weighted by atomic mass is 127. The zero-order valence-corrected chi connectivity index (χ0v) is 18.6. The Morgan fingerprint density at radius 1 is 1.48 bits per heavy atom. The Bertz CT molecular complexity index is 658. The number of hydrogen-bond donors (Lipinski definition) is 3. The summed E-state index contributed by atoms with van der Waals surface area (Å²) in [6, 6.07) is 0.436. The maximum absolute atomic E-state index is 10.4. The van der Waals surface area contributed by atoms with Crippen LogP contribution in [0.2, 0.25) is 0 Å². The van der Waals surface area contributed by atoms with Crippen LogP contribution < -0.4 is 10.6 Å². The highest BCUT2D eigenvalue weighted by molar-refractivity contribution is 14.0. The standard InChI is InChI=1S/C19H31N5O2.HI/c1-3-20-18(21-11-15(25)13-10-22-24(2)12-13)23-16-14-6-9-26-17(14)19(16)7-4-5-8-19;/h10,12,14-17,25H,3-9,11H2,1-2H3,(H2,20,21,23);1H. The molecule has 0 aromatic carbocycles. The molecule has 3 fully saturated rings. The summed E-state index contributed by atoms with van der Waals surface area (Å²) in [6.07, 6.45) is 9.58. The highest BCUT2D eigenvalue weighted by Crippen LogP contribution is 2.60. The van der Waals surface area contributed by atoms with Gasteiger partial charge in [-0.3, -0.25) is 9.67 Å². The number of nitrogens with zero attached hydrogens (tertiary/aromatic N) is 3. The van der Waals surface area contributed by atoms with Crippen molar-refractivity contribution < 1.29 is 9.84 Å². The predicted molar refractivity (Wildman–Crippen MR) is 115 cm³/mol. The van der Waals surface area contributed by atoms with Crippen LogP contribution in [0, 0.1) is 11.3 Å². The molecule has 1 aromatic rings. The van der Waals surface area contributed by atoms with Gasteiger partial charge in [-0.1, -0.05) is 12.8 Å².